The molecule has 0 fully saturated rings. The van der Waals surface area contributed by atoms with Crippen molar-refractivity contribution in [1.29, 1.82) is 0 Å². The zero-order chi connectivity index (χ0) is 10.4. The Morgan fingerprint density at radius 1 is 1.21 bits per heavy atom. The first-order valence-corrected chi connectivity index (χ1v) is 5.29. The van der Waals surface area contributed by atoms with Crippen molar-refractivity contribution in [2.24, 2.45) is 5.92 Å². The SMILES string of the molecule is CCC(CC)CNc1nccnc1C. The highest BCUT2D eigenvalue weighted by atomic mass is 15.0. The Morgan fingerprint density at radius 3 is 2.43 bits per heavy atom. The lowest BCUT2D eigenvalue weighted by Crippen LogP contribution is -2.14. The van der Waals surface area contributed by atoms with Crippen LogP contribution in [-0.2, 0) is 0 Å². The monoisotopic (exact) mass is 193 g/mol. The first-order chi connectivity index (χ1) is 6.77. The molecule has 1 N–H and O–H groups in total. The van der Waals surface area contributed by atoms with Gasteiger partial charge in [-0.15, -0.1) is 0 Å². The van der Waals surface area contributed by atoms with Gasteiger partial charge in [0.2, 0.25) is 0 Å². The van der Waals surface area contributed by atoms with Gasteiger partial charge >= 0.3 is 0 Å². The fourth-order valence-corrected chi connectivity index (χ4v) is 1.40. The molecule has 78 valence electrons. The molecule has 0 saturated heterocycles. The lowest BCUT2D eigenvalue weighted by molar-refractivity contribution is 0.518. The predicted molar refractivity (Wildman–Crippen MR) is 59.3 cm³/mol. The molecule has 14 heavy (non-hydrogen) atoms. The largest absolute Gasteiger partial charge is 0.368 e. The Bertz CT molecular complexity index is 269. The molecular formula is C11H19N3. The molecule has 0 aromatic carbocycles. The lowest BCUT2D eigenvalue weighted by Gasteiger charge is -2.14. The van der Waals surface area contributed by atoms with E-state index in [2.05, 4.69) is 29.1 Å². The van der Waals surface area contributed by atoms with Gasteiger partial charge in [-0.3, -0.25) is 4.98 Å². The van der Waals surface area contributed by atoms with Crippen molar-refractivity contribution in [2.45, 2.75) is 33.6 Å². The molecule has 1 heterocycles. The van der Waals surface area contributed by atoms with Gasteiger partial charge in [-0.05, 0) is 12.8 Å². The summed E-state index contributed by atoms with van der Waals surface area (Å²) < 4.78 is 0. The highest BCUT2D eigenvalue weighted by molar-refractivity contribution is 5.38. The molecule has 0 radical (unpaired) electrons. The second-order valence-corrected chi connectivity index (χ2v) is 3.55. The molecule has 0 aliphatic rings. The van der Waals surface area contributed by atoms with Crippen LogP contribution in [0.4, 0.5) is 5.82 Å². The van der Waals surface area contributed by atoms with Crippen LogP contribution in [0, 0.1) is 12.8 Å². The minimum absolute atomic E-state index is 0.733. The van der Waals surface area contributed by atoms with Gasteiger partial charge in [0.15, 0.2) is 0 Å². The Balaban J connectivity index is 2.49. The molecule has 1 aromatic heterocycles. The number of aryl methyl sites for hydroxylation is 1. The summed E-state index contributed by atoms with van der Waals surface area (Å²) >= 11 is 0. The molecule has 0 amide bonds. The Hall–Kier alpha value is -1.12. The highest BCUT2D eigenvalue weighted by Gasteiger charge is 2.04. The van der Waals surface area contributed by atoms with Gasteiger partial charge in [-0.1, -0.05) is 26.7 Å². The van der Waals surface area contributed by atoms with E-state index in [9.17, 15) is 0 Å². The number of anilines is 1. The fourth-order valence-electron chi connectivity index (χ4n) is 1.40. The summed E-state index contributed by atoms with van der Waals surface area (Å²) in [7, 11) is 0. The van der Waals surface area contributed by atoms with Crippen molar-refractivity contribution in [3.63, 3.8) is 0 Å². The van der Waals surface area contributed by atoms with Crippen LogP contribution in [0.5, 0.6) is 0 Å². The third kappa shape index (κ3) is 2.98. The molecule has 1 rings (SSSR count). The molecule has 0 aliphatic carbocycles. The molecule has 1 aromatic rings. The number of aromatic nitrogens is 2. The summed E-state index contributed by atoms with van der Waals surface area (Å²) in [4.78, 5) is 8.43. The van der Waals surface area contributed by atoms with Crippen LogP contribution >= 0.6 is 0 Å². The van der Waals surface area contributed by atoms with E-state index in [0.717, 1.165) is 24.0 Å². The van der Waals surface area contributed by atoms with E-state index in [4.69, 9.17) is 0 Å². The maximum Gasteiger partial charge on any atom is 0.147 e. The third-order valence-electron chi connectivity index (χ3n) is 2.59. The summed E-state index contributed by atoms with van der Waals surface area (Å²) in [6.45, 7) is 7.41. The zero-order valence-electron chi connectivity index (χ0n) is 9.25. The first kappa shape index (κ1) is 11.0. The number of rotatable bonds is 5. The Morgan fingerprint density at radius 2 is 1.86 bits per heavy atom. The number of hydrogen-bond donors (Lipinski definition) is 1. The topological polar surface area (TPSA) is 37.8 Å². The predicted octanol–water partition coefficient (Wildman–Crippen LogP) is 2.63. The molecule has 0 spiro atoms. The Labute approximate surface area is 86.0 Å². The van der Waals surface area contributed by atoms with Gasteiger partial charge < -0.3 is 5.32 Å². The molecule has 0 unspecified atom stereocenters. The van der Waals surface area contributed by atoms with E-state index in [1.54, 1.807) is 12.4 Å². The summed E-state index contributed by atoms with van der Waals surface area (Å²) in [6, 6.07) is 0. The molecule has 0 atom stereocenters. The second-order valence-electron chi connectivity index (χ2n) is 3.55. The second kappa shape index (κ2) is 5.58. The lowest BCUT2D eigenvalue weighted by atomic mass is 10.0. The summed E-state index contributed by atoms with van der Waals surface area (Å²) in [5, 5.41) is 3.34. The maximum absolute atomic E-state index is 4.25. The Kier molecular flexibility index (Phi) is 4.36. The molecule has 0 aliphatic heterocycles. The van der Waals surface area contributed by atoms with Crippen LogP contribution in [0.25, 0.3) is 0 Å². The van der Waals surface area contributed by atoms with Crippen molar-refractivity contribution in [3.8, 4) is 0 Å². The van der Waals surface area contributed by atoms with E-state index >= 15 is 0 Å². The smallest absolute Gasteiger partial charge is 0.147 e. The van der Waals surface area contributed by atoms with Gasteiger partial charge in [0.25, 0.3) is 0 Å². The van der Waals surface area contributed by atoms with Crippen molar-refractivity contribution in [3.05, 3.63) is 18.1 Å². The quantitative estimate of drug-likeness (QED) is 0.781. The first-order valence-electron chi connectivity index (χ1n) is 5.29. The van der Waals surface area contributed by atoms with E-state index in [-0.39, 0.29) is 0 Å². The van der Waals surface area contributed by atoms with Crippen molar-refractivity contribution < 1.29 is 0 Å². The van der Waals surface area contributed by atoms with Crippen molar-refractivity contribution in [1.82, 2.24) is 9.97 Å². The molecular weight excluding hydrogens is 174 g/mol. The summed E-state index contributed by atoms with van der Waals surface area (Å²) in [5.74, 6) is 1.65. The van der Waals surface area contributed by atoms with Gasteiger partial charge in [-0.25, -0.2) is 4.98 Å². The van der Waals surface area contributed by atoms with E-state index in [1.807, 2.05) is 6.92 Å². The number of nitrogens with zero attached hydrogens (tertiary/aromatic N) is 2. The van der Waals surface area contributed by atoms with Crippen molar-refractivity contribution in [2.75, 3.05) is 11.9 Å². The third-order valence-corrected chi connectivity index (χ3v) is 2.59. The van der Waals surface area contributed by atoms with Crippen LogP contribution in [0.1, 0.15) is 32.4 Å². The van der Waals surface area contributed by atoms with Gasteiger partial charge in [0.1, 0.15) is 5.82 Å². The van der Waals surface area contributed by atoms with Gasteiger partial charge in [-0.2, -0.15) is 0 Å². The molecule has 0 saturated carbocycles. The average Bonchev–Trinajstić information content (AvgIpc) is 2.22. The molecule has 0 bridgehead atoms. The van der Waals surface area contributed by atoms with E-state index in [0.29, 0.717) is 0 Å². The van der Waals surface area contributed by atoms with Crippen LogP contribution in [-0.4, -0.2) is 16.5 Å². The molecule has 3 nitrogen and oxygen atoms in total. The average molecular weight is 193 g/mol. The van der Waals surface area contributed by atoms with Crippen LogP contribution in [0.3, 0.4) is 0 Å². The van der Waals surface area contributed by atoms with Crippen LogP contribution in [0.2, 0.25) is 0 Å². The molecule has 3 heteroatoms. The highest BCUT2D eigenvalue weighted by Crippen LogP contribution is 2.11. The minimum atomic E-state index is 0.733. The maximum atomic E-state index is 4.25. The van der Waals surface area contributed by atoms with Gasteiger partial charge in [0.05, 0.1) is 5.69 Å². The van der Waals surface area contributed by atoms with E-state index < -0.39 is 0 Å². The normalized spacial score (nSPS) is 10.6. The summed E-state index contributed by atoms with van der Waals surface area (Å²) in [5.41, 5.74) is 0.971. The standard InChI is InChI=1S/C11H19N3/c1-4-10(5-2)8-14-11-9(3)12-6-7-13-11/h6-7,10H,4-5,8H2,1-3H3,(H,13,14). The van der Waals surface area contributed by atoms with E-state index in [1.165, 1.54) is 12.8 Å². The number of hydrogen-bond acceptors (Lipinski definition) is 3. The van der Waals surface area contributed by atoms with Gasteiger partial charge in [0, 0.05) is 18.9 Å². The summed E-state index contributed by atoms with van der Waals surface area (Å²) in [6.07, 6.45) is 5.87. The van der Waals surface area contributed by atoms with Crippen LogP contribution in [0.15, 0.2) is 12.4 Å². The van der Waals surface area contributed by atoms with Crippen molar-refractivity contribution >= 4 is 5.82 Å². The minimum Gasteiger partial charge on any atom is -0.368 e. The zero-order valence-corrected chi connectivity index (χ0v) is 9.25. The fraction of sp³-hybridized carbons (Fsp3) is 0.636. The van der Waals surface area contributed by atoms with Crippen LogP contribution < -0.4 is 5.32 Å². The number of nitrogens with one attached hydrogen (secondary N) is 1.